The van der Waals surface area contributed by atoms with Crippen LogP contribution in [0.15, 0.2) is 48.5 Å². The van der Waals surface area contributed by atoms with E-state index < -0.39 is 17.9 Å². The first-order valence-corrected chi connectivity index (χ1v) is 8.63. The fourth-order valence-corrected chi connectivity index (χ4v) is 2.52. The van der Waals surface area contributed by atoms with Crippen molar-refractivity contribution >= 4 is 17.7 Å². The number of hydrogen-bond donors (Lipinski definition) is 4. The Kier molecular flexibility index (Phi) is 8.84. The van der Waals surface area contributed by atoms with Crippen LogP contribution in [0.1, 0.15) is 37.2 Å². The Balaban J connectivity index is 0.00000392. The van der Waals surface area contributed by atoms with Gasteiger partial charge < -0.3 is 10.6 Å². The van der Waals surface area contributed by atoms with Gasteiger partial charge in [-0.15, -0.1) is 0 Å². The molecule has 2 aromatic rings. The van der Waals surface area contributed by atoms with E-state index in [1.807, 2.05) is 24.3 Å². The van der Waals surface area contributed by atoms with Crippen LogP contribution in [0.4, 0.5) is 0 Å². The van der Waals surface area contributed by atoms with Gasteiger partial charge in [0.05, 0.1) is 0 Å². The van der Waals surface area contributed by atoms with Crippen molar-refractivity contribution in [3.8, 4) is 11.1 Å². The molecular weight excluding hydrogens is 358 g/mol. The van der Waals surface area contributed by atoms with E-state index >= 15 is 0 Å². The highest BCUT2D eigenvalue weighted by atomic mass is 16.5. The number of amides is 3. The molecule has 0 aliphatic rings. The number of hydrogen-bond acceptors (Lipinski definition) is 4. The summed E-state index contributed by atoms with van der Waals surface area (Å²) < 4.78 is 0. The van der Waals surface area contributed by atoms with E-state index in [1.165, 1.54) is 18.0 Å². The monoisotopic (exact) mass is 385 g/mol. The van der Waals surface area contributed by atoms with Crippen LogP contribution in [-0.4, -0.2) is 35.5 Å². The first-order chi connectivity index (χ1) is 12.9. The zero-order chi connectivity index (χ0) is 19.8. The molecule has 2 rings (SSSR count). The van der Waals surface area contributed by atoms with E-state index in [2.05, 4.69) is 29.7 Å². The number of rotatable bonds is 7. The largest absolute Gasteiger partial charge is 0.354 e. The van der Waals surface area contributed by atoms with Gasteiger partial charge in [-0.1, -0.05) is 50.7 Å². The molecule has 0 saturated carbocycles. The molecule has 0 radical (unpaired) electrons. The standard InChI is InChI=1S/C20H23N3O4.CH4/c1-3-14-4-6-15(7-5-14)16-8-10-17(11-9-16)19(25)22-18(20(26)23-27)12-21-13(2)24;/h4-11,18,27H,3,12H2,1-2H3,(H,21,24)(H,22,25)(H,23,26);1H4/t18-;/m0./s1. The van der Waals surface area contributed by atoms with Crippen LogP contribution in [0.3, 0.4) is 0 Å². The highest BCUT2D eigenvalue weighted by molar-refractivity contribution is 5.98. The van der Waals surface area contributed by atoms with Crippen molar-refractivity contribution in [1.29, 1.82) is 0 Å². The van der Waals surface area contributed by atoms with Crippen molar-refractivity contribution in [2.75, 3.05) is 6.54 Å². The van der Waals surface area contributed by atoms with Crippen LogP contribution >= 0.6 is 0 Å². The maximum absolute atomic E-state index is 12.4. The van der Waals surface area contributed by atoms with E-state index in [9.17, 15) is 14.4 Å². The minimum Gasteiger partial charge on any atom is -0.354 e. The summed E-state index contributed by atoms with van der Waals surface area (Å²) in [5.74, 6) is -1.65. The summed E-state index contributed by atoms with van der Waals surface area (Å²) in [5, 5.41) is 13.7. The lowest BCUT2D eigenvalue weighted by Gasteiger charge is -2.17. The van der Waals surface area contributed by atoms with Crippen LogP contribution < -0.4 is 16.1 Å². The van der Waals surface area contributed by atoms with E-state index in [-0.39, 0.29) is 19.9 Å². The van der Waals surface area contributed by atoms with Crippen LogP contribution in [0.5, 0.6) is 0 Å². The molecule has 0 unspecified atom stereocenters. The maximum atomic E-state index is 12.4. The molecule has 3 amide bonds. The van der Waals surface area contributed by atoms with Gasteiger partial charge in [0.25, 0.3) is 11.8 Å². The minimum absolute atomic E-state index is 0. The second-order valence-electron chi connectivity index (χ2n) is 6.07. The van der Waals surface area contributed by atoms with Crippen LogP contribution in [0, 0.1) is 0 Å². The van der Waals surface area contributed by atoms with Gasteiger partial charge in [-0.05, 0) is 35.2 Å². The Hall–Kier alpha value is -3.19. The fraction of sp³-hybridized carbons (Fsp3) is 0.286. The number of carbonyl (C=O) groups is 3. The van der Waals surface area contributed by atoms with Crippen molar-refractivity contribution in [2.24, 2.45) is 0 Å². The Morgan fingerprint density at radius 1 is 0.964 bits per heavy atom. The molecule has 0 aromatic heterocycles. The van der Waals surface area contributed by atoms with Gasteiger partial charge in [-0.2, -0.15) is 0 Å². The summed E-state index contributed by atoms with van der Waals surface area (Å²) >= 11 is 0. The molecule has 2 aromatic carbocycles. The molecular formula is C21H27N3O4. The number of carbonyl (C=O) groups excluding carboxylic acids is 3. The van der Waals surface area contributed by atoms with Gasteiger partial charge in [0.1, 0.15) is 6.04 Å². The topological polar surface area (TPSA) is 108 Å². The summed E-state index contributed by atoms with van der Waals surface area (Å²) in [4.78, 5) is 35.0. The molecule has 4 N–H and O–H groups in total. The van der Waals surface area contributed by atoms with Crippen LogP contribution in [-0.2, 0) is 16.0 Å². The third-order valence-corrected chi connectivity index (χ3v) is 4.13. The first-order valence-electron chi connectivity index (χ1n) is 8.63. The molecule has 0 spiro atoms. The van der Waals surface area contributed by atoms with Gasteiger partial charge in [0, 0.05) is 19.0 Å². The summed E-state index contributed by atoms with van der Waals surface area (Å²) in [5.41, 5.74) is 5.11. The maximum Gasteiger partial charge on any atom is 0.267 e. The average Bonchev–Trinajstić information content (AvgIpc) is 2.70. The lowest BCUT2D eigenvalue weighted by Crippen LogP contribution is -2.51. The SMILES string of the molecule is C.CCc1ccc(-c2ccc(C(=O)N[C@@H](CNC(C)=O)C(=O)NO)cc2)cc1. The molecule has 0 fully saturated rings. The zero-order valence-corrected chi connectivity index (χ0v) is 15.3. The summed E-state index contributed by atoms with van der Waals surface area (Å²) in [7, 11) is 0. The molecule has 1 atom stereocenters. The van der Waals surface area contributed by atoms with Gasteiger partial charge in [0.15, 0.2) is 0 Å². The Labute approximate surface area is 165 Å². The molecule has 7 heteroatoms. The van der Waals surface area contributed by atoms with E-state index in [1.54, 1.807) is 12.1 Å². The predicted octanol–water partition coefficient (Wildman–Crippen LogP) is 2.29. The summed E-state index contributed by atoms with van der Waals surface area (Å²) in [6.45, 7) is 3.26. The van der Waals surface area contributed by atoms with Crippen molar-refractivity contribution < 1.29 is 19.6 Å². The average molecular weight is 385 g/mol. The minimum atomic E-state index is -1.09. The molecule has 0 heterocycles. The molecule has 7 nitrogen and oxygen atoms in total. The van der Waals surface area contributed by atoms with Gasteiger partial charge in [-0.3, -0.25) is 19.6 Å². The van der Waals surface area contributed by atoms with E-state index in [0.717, 1.165) is 17.5 Å². The summed E-state index contributed by atoms with van der Waals surface area (Å²) in [6, 6.07) is 14.1. The molecule has 28 heavy (non-hydrogen) atoms. The van der Waals surface area contributed by atoms with Crippen molar-refractivity contribution in [1.82, 2.24) is 16.1 Å². The normalized spacial score (nSPS) is 11.0. The lowest BCUT2D eigenvalue weighted by molar-refractivity contribution is -0.131. The second kappa shape index (κ2) is 10.8. The van der Waals surface area contributed by atoms with Crippen LogP contribution in [0.25, 0.3) is 11.1 Å². The van der Waals surface area contributed by atoms with E-state index in [4.69, 9.17) is 5.21 Å². The molecule has 0 aliphatic heterocycles. The quantitative estimate of drug-likeness (QED) is 0.433. The smallest absolute Gasteiger partial charge is 0.267 e. The van der Waals surface area contributed by atoms with Crippen LogP contribution in [0.2, 0.25) is 0 Å². The number of nitrogens with one attached hydrogen (secondary N) is 3. The first kappa shape index (κ1) is 22.9. The number of benzene rings is 2. The highest BCUT2D eigenvalue weighted by Crippen LogP contribution is 2.20. The number of hydroxylamine groups is 1. The summed E-state index contributed by atoms with van der Waals surface area (Å²) in [6.07, 6.45) is 0.973. The predicted molar refractivity (Wildman–Crippen MR) is 108 cm³/mol. The molecule has 0 aliphatic carbocycles. The van der Waals surface area contributed by atoms with Crippen molar-refractivity contribution in [3.63, 3.8) is 0 Å². The molecule has 150 valence electrons. The van der Waals surface area contributed by atoms with E-state index in [0.29, 0.717) is 5.56 Å². The van der Waals surface area contributed by atoms with Gasteiger partial charge >= 0.3 is 0 Å². The Morgan fingerprint density at radius 2 is 1.50 bits per heavy atom. The van der Waals surface area contributed by atoms with Crippen molar-refractivity contribution in [3.05, 3.63) is 59.7 Å². The second-order valence-corrected chi connectivity index (χ2v) is 6.07. The lowest BCUT2D eigenvalue weighted by atomic mass is 10.0. The molecule has 0 bridgehead atoms. The molecule has 0 saturated heterocycles. The Bertz CT molecular complexity index is 801. The van der Waals surface area contributed by atoms with Crippen molar-refractivity contribution in [2.45, 2.75) is 33.7 Å². The highest BCUT2D eigenvalue weighted by Gasteiger charge is 2.21. The third-order valence-electron chi connectivity index (χ3n) is 4.13. The fourth-order valence-electron chi connectivity index (χ4n) is 2.52. The Morgan fingerprint density at radius 3 is 1.96 bits per heavy atom. The zero-order valence-electron chi connectivity index (χ0n) is 15.3. The van der Waals surface area contributed by atoms with Gasteiger partial charge in [-0.25, -0.2) is 5.48 Å². The third kappa shape index (κ3) is 6.21. The van der Waals surface area contributed by atoms with Gasteiger partial charge in [0.2, 0.25) is 5.91 Å². The number of aryl methyl sites for hydroxylation is 1.